The quantitative estimate of drug-likeness (QED) is 0.321. The number of carbonyl (C=O) groups excluding carboxylic acids is 1. The summed E-state index contributed by atoms with van der Waals surface area (Å²) in [6, 6.07) is 0. The van der Waals surface area contributed by atoms with E-state index in [0.717, 1.165) is 6.08 Å². The summed E-state index contributed by atoms with van der Waals surface area (Å²) in [5.41, 5.74) is -0.220. The van der Waals surface area contributed by atoms with E-state index in [2.05, 4.69) is 0 Å². The molecule has 6 nitrogen and oxygen atoms in total. The Labute approximate surface area is 81.7 Å². The van der Waals surface area contributed by atoms with Crippen LogP contribution in [0, 0.1) is 16.0 Å². The Balaban J connectivity index is 3.03. The van der Waals surface area contributed by atoms with Crippen LogP contribution in [0.15, 0.2) is 22.8 Å². The molecular formula is C7H7NO5S. The van der Waals surface area contributed by atoms with E-state index >= 15 is 0 Å². The van der Waals surface area contributed by atoms with Gasteiger partial charge in [-0.25, -0.2) is 4.21 Å². The maximum absolute atomic E-state index is 10.6. The van der Waals surface area contributed by atoms with Gasteiger partial charge in [0.1, 0.15) is 6.29 Å². The molecule has 0 aromatic heterocycles. The van der Waals surface area contributed by atoms with Crippen LogP contribution >= 0.6 is 0 Å². The molecule has 7 heteroatoms. The van der Waals surface area contributed by atoms with Crippen molar-refractivity contribution >= 4 is 17.4 Å². The van der Waals surface area contributed by atoms with E-state index in [1.165, 1.54) is 6.08 Å². The molecule has 0 amide bonds. The van der Waals surface area contributed by atoms with Crippen molar-refractivity contribution < 1.29 is 18.5 Å². The molecule has 0 fully saturated rings. The van der Waals surface area contributed by atoms with E-state index in [9.17, 15) is 19.1 Å². The van der Waals surface area contributed by atoms with Gasteiger partial charge in [0, 0.05) is 12.0 Å². The molecule has 0 aromatic rings. The van der Waals surface area contributed by atoms with Crippen LogP contribution in [0.1, 0.15) is 6.42 Å². The Kier molecular flexibility index (Phi) is 3.26. The monoisotopic (exact) mass is 217 g/mol. The number of hydrogen-bond donors (Lipinski definition) is 1. The van der Waals surface area contributed by atoms with Crippen molar-refractivity contribution in [2.45, 2.75) is 6.42 Å². The molecule has 0 saturated heterocycles. The fraction of sp³-hybridized carbons (Fsp3) is 0.286. The van der Waals surface area contributed by atoms with Crippen molar-refractivity contribution in [2.75, 3.05) is 0 Å². The molecule has 1 aliphatic carbocycles. The van der Waals surface area contributed by atoms with E-state index in [1.807, 2.05) is 0 Å². The first-order valence-corrected chi connectivity index (χ1v) is 4.78. The van der Waals surface area contributed by atoms with Crippen molar-refractivity contribution in [3.05, 3.63) is 32.9 Å². The SMILES string of the molecule is O=CC1C=C(S(=O)O)C=C([N+](=O)[O-])C1. The zero-order valence-electron chi connectivity index (χ0n) is 6.95. The summed E-state index contributed by atoms with van der Waals surface area (Å²) in [7, 11) is 0. The molecule has 14 heavy (non-hydrogen) atoms. The predicted molar refractivity (Wildman–Crippen MR) is 48.1 cm³/mol. The molecule has 76 valence electrons. The van der Waals surface area contributed by atoms with Crippen LogP contribution in [0.5, 0.6) is 0 Å². The van der Waals surface area contributed by atoms with Gasteiger partial charge in [0.2, 0.25) is 5.70 Å². The molecule has 0 bridgehead atoms. The van der Waals surface area contributed by atoms with Crippen molar-refractivity contribution in [2.24, 2.45) is 5.92 Å². The summed E-state index contributed by atoms with van der Waals surface area (Å²) in [5, 5.41) is 10.4. The summed E-state index contributed by atoms with van der Waals surface area (Å²) in [6.45, 7) is 0. The Hall–Kier alpha value is -1.34. The number of hydrogen-bond acceptors (Lipinski definition) is 4. The number of rotatable bonds is 3. The number of carbonyl (C=O) groups is 1. The van der Waals surface area contributed by atoms with E-state index in [-0.39, 0.29) is 17.0 Å². The van der Waals surface area contributed by atoms with E-state index in [4.69, 9.17) is 4.55 Å². The second-order valence-electron chi connectivity index (χ2n) is 2.72. The van der Waals surface area contributed by atoms with Gasteiger partial charge in [0.25, 0.3) is 0 Å². The highest BCUT2D eigenvalue weighted by molar-refractivity contribution is 7.83. The molecular weight excluding hydrogens is 210 g/mol. The van der Waals surface area contributed by atoms with Gasteiger partial charge in [0.05, 0.1) is 16.2 Å². The zero-order valence-corrected chi connectivity index (χ0v) is 7.77. The molecule has 0 heterocycles. The smallest absolute Gasteiger partial charge is 0.248 e. The average molecular weight is 217 g/mol. The highest BCUT2D eigenvalue weighted by Crippen LogP contribution is 2.23. The van der Waals surface area contributed by atoms with Gasteiger partial charge in [-0.05, 0) is 0 Å². The van der Waals surface area contributed by atoms with Crippen molar-refractivity contribution in [1.82, 2.24) is 0 Å². The standard InChI is InChI=1S/C7H7NO5S/c9-4-5-1-6(8(10)11)3-7(2-5)14(12)13/h2-5H,1H2,(H,12,13). The Morgan fingerprint density at radius 1 is 1.71 bits per heavy atom. The fourth-order valence-electron chi connectivity index (χ4n) is 1.11. The molecule has 2 unspecified atom stereocenters. The summed E-state index contributed by atoms with van der Waals surface area (Å²) in [4.78, 5) is 20.1. The first-order valence-electron chi connectivity index (χ1n) is 3.67. The number of nitrogens with zero attached hydrogens (tertiary/aromatic N) is 1. The minimum absolute atomic E-state index is 0.0306. The number of aldehydes is 1. The van der Waals surface area contributed by atoms with Crippen LogP contribution in [0.2, 0.25) is 0 Å². The fourth-order valence-corrected chi connectivity index (χ4v) is 1.63. The number of nitro groups is 1. The largest absolute Gasteiger partial charge is 0.303 e. The lowest BCUT2D eigenvalue weighted by molar-refractivity contribution is -0.428. The highest BCUT2D eigenvalue weighted by atomic mass is 32.2. The lowest BCUT2D eigenvalue weighted by Gasteiger charge is -2.09. The molecule has 1 aliphatic rings. The van der Waals surface area contributed by atoms with Crippen LogP contribution in [0.4, 0.5) is 0 Å². The third-order valence-electron chi connectivity index (χ3n) is 1.74. The van der Waals surface area contributed by atoms with Gasteiger partial charge in [-0.2, -0.15) is 0 Å². The average Bonchev–Trinajstić information content (AvgIpc) is 2.16. The van der Waals surface area contributed by atoms with Gasteiger partial charge >= 0.3 is 0 Å². The third kappa shape index (κ3) is 2.33. The second-order valence-corrected chi connectivity index (χ2v) is 3.68. The van der Waals surface area contributed by atoms with Gasteiger partial charge in [-0.1, -0.05) is 6.08 Å². The zero-order chi connectivity index (χ0) is 10.7. The van der Waals surface area contributed by atoms with Crippen molar-refractivity contribution in [3.63, 3.8) is 0 Å². The normalized spacial score (nSPS) is 23.4. The lowest BCUT2D eigenvalue weighted by Crippen LogP contribution is -2.13. The third-order valence-corrected chi connectivity index (χ3v) is 2.40. The van der Waals surface area contributed by atoms with Crippen LogP contribution in [0.3, 0.4) is 0 Å². The second kappa shape index (κ2) is 4.25. The Morgan fingerprint density at radius 2 is 2.36 bits per heavy atom. The topological polar surface area (TPSA) is 97.5 Å². The van der Waals surface area contributed by atoms with Gasteiger partial charge in [0.15, 0.2) is 11.1 Å². The van der Waals surface area contributed by atoms with E-state index in [0.29, 0.717) is 6.29 Å². The molecule has 0 aromatic carbocycles. The minimum atomic E-state index is -2.29. The van der Waals surface area contributed by atoms with E-state index < -0.39 is 21.9 Å². The number of allylic oxidation sites excluding steroid dienone is 3. The maximum Gasteiger partial charge on any atom is 0.248 e. The lowest BCUT2D eigenvalue weighted by atomic mass is 10.0. The molecule has 1 rings (SSSR count). The first-order chi connectivity index (χ1) is 6.54. The van der Waals surface area contributed by atoms with Gasteiger partial charge < -0.3 is 9.35 Å². The van der Waals surface area contributed by atoms with Gasteiger partial charge in [-0.15, -0.1) is 0 Å². The molecule has 0 radical (unpaired) electrons. The van der Waals surface area contributed by atoms with Crippen molar-refractivity contribution in [1.29, 1.82) is 0 Å². The molecule has 2 atom stereocenters. The highest BCUT2D eigenvalue weighted by Gasteiger charge is 2.24. The van der Waals surface area contributed by atoms with E-state index in [1.54, 1.807) is 0 Å². The van der Waals surface area contributed by atoms with Crippen LogP contribution < -0.4 is 0 Å². The summed E-state index contributed by atoms with van der Waals surface area (Å²) in [5.74, 6) is -0.688. The molecule has 0 aliphatic heterocycles. The minimum Gasteiger partial charge on any atom is -0.303 e. The molecule has 1 N–H and O–H groups in total. The summed E-state index contributed by atoms with van der Waals surface area (Å²) in [6.07, 6.45) is 2.77. The van der Waals surface area contributed by atoms with Crippen molar-refractivity contribution in [3.8, 4) is 0 Å². The van der Waals surface area contributed by atoms with Crippen LogP contribution in [0.25, 0.3) is 0 Å². The first kappa shape index (κ1) is 10.7. The summed E-state index contributed by atoms with van der Waals surface area (Å²) < 4.78 is 19.4. The Morgan fingerprint density at radius 3 is 2.79 bits per heavy atom. The van der Waals surface area contributed by atoms with Gasteiger partial charge in [-0.3, -0.25) is 10.1 Å². The van der Waals surface area contributed by atoms with Crippen LogP contribution in [-0.2, 0) is 15.9 Å². The molecule has 0 spiro atoms. The Bertz CT molecular complexity index is 359. The predicted octanol–water partition coefficient (Wildman–Crippen LogP) is 0.471. The van der Waals surface area contributed by atoms with Crippen LogP contribution in [-0.4, -0.2) is 20.0 Å². The maximum atomic E-state index is 10.6. The molecule has 0 saturated carbocycles. The summed E-state index contributed by atoms with van der Waals surface area (Å²) >= 11 is -2.29.